The van der Waals surface area contributed by atoms with Gasteiger partial charge in [0, 0.05) is 23.3 Å². The van der Waals surface area contributed by atoms with Crippen molar-refractivity contribution < 1.29 is 4.79 Å². The van der Waals surface area contributed by atoms with Crippen LogP contribution in [0.1, 0.15) is 53.0 Å². The molecule has 1 aromatic heterocycles. The third-order valence-electron chi connectivity index (χ3n) is 4.13. The van der Waals surface area contributed by atoms with E-state index in [4.69, 9.17) is 5.73 Å². The largest absolute Gasteiger partial charge is 0.324 e. The van der Waals surface area contributed by atoms with E-state index in [0.29, 0.717) is 11.6 Å². The van der Waals surface area contributed by atoms with Crippen LogP contribution < -0.4 is 16.4 Å². The lowest BCUT2D eigenvalue weighted by molar-refractivity contribution is 0.102. The molecule has 122 valence electrons. The molecular weight excluding hydrogens is 290 g/mol. The van der Waals surface area contributed by atoms with Gasteiger partial charge in [0.25, 0.3) is 5.91 Å². The van der Waals surface area contributed by atoms with Gasteiger partial charge in [-0.2, -0.15) is 5.10 Å². The first-order valence-electron chi connectivity index (χ1n) is 8.04. The summed E-state index contributed by atoms with van der Waals surface area (Å²) in [5.74, 6) is 0.353. The smallest absolute Gasteiger partial charge is 0.276 e. The second-order valence-electron chi connectivity index (χ2n) is 6.06. The van der Waals surface area contributed by atoms with Crippen molar-refractivity contribution in [2.24, 2.45) is 5.73 Å². The van der Waals surface area contributed by atoms with E-state index < -0.39 is 0 Å². The second kappa shape index (κ2) is 6.93. The number of nitrogens with one attached hydrogen (secondary N) is 3. The van der Waals surface area contributed by atoms with E-state index in [1.54, 1.807) is 0 Å². The summed E-state index contributed by atoms with van der Waals surface area (Å²) >= 11 is 0. The lowest BCUT2D eigenvalue weighted by atomic mass is 10.0. The van der Waals surface area contributed by atoms with E-state index >= 15 is 0 Å². The van der Waals surface area contributed by atoms with Crippen LogP contribution in [0.5, 0.6) is 0 Å². The summed E-state index contributed by atoms with van der Waals surface area (Å²) in [5, 5.41) is 13.0. The van der Waals surface area contributed by atoms with Crippen LogP contribution in [0.25, 0.3) is 0 Å². The van der Waals surface area contributed by atoms with Crippen LogP contribution in [0.2, 0.25) is 0 Å². The molecule has 1 fully saturated rings. The number of carbonyl (C=O) groups excluding carboxylic acids is 1. The molecule has 23 heavy (non-hydrogen) atoms. The number of hydrogen-bond donors (Lipinski definition) is 4. The summed E-state index contributed by atoms with van der Waals surface area (Å²) in [7, 11) is 1.91. The Morgan fingerprint density at radius 1 is 1.43 bits per heavy atom. The number of amides is 1. The van der Waals surface area contributed by atoms with Crippen molar-refractivity contribution in [3.05, 3.63) is 47.3 Å². The summed E-state index contributed by atoms with van der Waals surface area (Å²) in [6.07, 6.45) is 3.20. The highest BCUT2D eigenvalue weighted by Gasteiger charge is 2.26. The third-order valence-corrected chi connectivity index (χ3v) is 4.13. The molecule has 2 aromatic rings. The second-order valence-corrected chi connectivity index (χ2v) is 6.06. The molecule has 1 unspecified atom stereocenters. The van der Waals surface area contributed by atoms with Crippen LogP contribution in [0, 0.1) is 0 Å². The van der Waals surface area contributed by atoms with Crippen LogP contribution in [-0.4, -0.2) is 29.7 Å². The Hall–Kier alpha value is -2.18. The van der Waals surface area contributed by atoms with E-state index in [0.717, 1.165) is 29.9 Å². The number of nitrogens with two attached hydrogens (primary N) is 1. The van der Waals surface area contributed by atoms with E-state index in [9.17, 15) is 4.79 Å². The standard InChI is InChI=1S/C17H23N5O/c1-19-8-7-14(18)12-3-2-4-13(9-12)20-17(23)16-10-15(21-22-16)11-5-6-11/h2-4,9-11,14,19H,5-8,18H2,1H3,(H,20,23)(H,21,22). The van der Waals surface area contributed by atoms with Crippen LogP contribution >= 0.6 is 0 Å². The number of hydrogen-bond acceptors (Lipinski definition) is 4. The molecule has 0 saturated heterocycles. The Kier molecular flexibility index (Phi) is 4.73. The molecule has 6 heteroatoms. The number of rotatable bonds is 7. The fourth-order valence-corrected chi connectivity index (χ4v) is 2.57. The van der Waals surface area contributed by atoms with Gasteiger partial charge in [-0.3, -0.25) is 9.89 Å². The van der Waals surface area contributed by atoms with Gasteiger partial charge in [-0.1, -0.05) is 12.1 Å². The molecule has 1 heterocycles. The van der Waals surface area contributed by atoms with Crippen LogP contribution in [0.15, 0.2) is 30.3 Å². The van der Waals surface area contributed by atoms with Gasteiger partial charge < -0.3 is 16.4 Å². The molecule has 1 amide bonds. The number of anilines is 1. The number of aromatic amines is 1. The van der Waals surface area contributed by atoms with E-state index in [-0.39, 0.29) is 11.9 Å². The topological polar surface area (TPSA) is 95.8 Å². The molecule has 5 N–H and O–H groups in total. The van der Waals surface area contributed by atoms with Crippen LogP contribution in [0.4, 0.5) is 5.69 Å². The van der Waals surface area contributed by atoms with Crippen LogP contribution in [-0.2, 0) is 0 Å². The van der Waals surface area contributed by atoms with Gasteiger partial charge in [0.2, 0.25) is 0 Å². The molecule has 1 aliphatic carbocycles. The predicted molar refractivity (Wildman–Crippen MR) is 90.4 cm³/mol. The van der Waals surface area contributed by atoms with Crippen molar-refractivity contribution in [2.75, 3.05) is 18.9 Å². The minimum atomic E-state index is -0.200. The van der Waals surface area contributed by atoms with Gasteiger partial charge in [-0.15, -0.1) is 0 Å². The zero-order chi connectivity index (χ0) is 16.2. The number of H-pyrrole nitrogens is 1. The van der Waals surface area contributed by atoms with E-state index in [1.807, 2.05) is 37.4 Å². The molecule has 1 aliphatic rings. The zero-order valence-corrected chi connectivity index (χ0v) is 13.3. The Bertz CT molecular complexity index is 677. The summed E-state index contributed by atoms with van der Waals surface area (Å²) in [6, 6.07) is 9.47. The van der Waals surface area contributed by atoms with Gasteiger partial charge in [0.05, 0.1) is 0 Å². The SMILES string of the molecule is CNCCC(N)c1cccc(NC(=O)c2cc(C3CC3)[nH]n2)c1. The molecule has 1 saturated carbocycles. The Balaban J connectivity index is 1.65. The average molecular weight is 313 g/mol. The normalized spacial score (nSPS) is 15.4. The van der Waals surface area contributed by atoms with Crippen molar-refractivity contribution in [1.29, 1.82) is 0 Å². The lowest BCUT2D eigenvalue weighted by Gasteiger charge is -2.13. The first-order valence-corrected chi connectivity index (χ1v) is 8.04. The minimum Gasteiger partial charge on any atom is -0.324 e. The highest BCUT2D eigenvalue weighted by Crippen LogP contribution is 2.39. The molecule has 0 bridgehead atoms. The van der Waals surface area contributed by atoms with Gasteiger partial charge in [0.15, 0.2) is 5.69 Å². The Labute approximate surface area is 135 Å². The number of nitrogens with zero attached hydrogens (tertiary/aromatic N) is 1. The number of carbonyl (C=O) groups is 1. The average Bonchev–Trinajstić information content (AvgIpc) is 3.29. The van der Waals surface area contributed by atoms with Crippen LogP contribution in [0.3, 0.4) is 0 Å². The fourth-order valence-electron chi connectivity index (χ4n) is 2.57. The molecule has 1 aromatic carbocycles. The van der Waals surface area contributed by atoms with Crippen molar-refractivity contribution in [3.8, 4) is 0 Å². The fraction of sp³-hybridized carbons (Fsp3) is 0.412. The number of aromatic nitrogens is 2. The quantitative estimate of drug-likeness (QED) is 0.630. The van der Waals surface area contributed by atoms with Gasteiger partial charge in [-0.25, -0.2) is 0 Å². The van der Waals surface area contributed by atoms with Crippen molar-refractivity contribution >= 4 is 11.6 Å². The molecule has 6 nitrogen and oxygen atoms in total. The Morgan fingerprint density at radius 3 is 3.00 bits per heavy atom. The molecule has 3 rings (SSSR count). The molecule has 0 spiro atoms. The predicted octanol–water partition coefficient (Wildman–Crippen LogP) is 2.15. The molecule has 0 aliphatic heterocycles. The third kappa shape index (κ3) is 3.97. The molecular formula is C17H23N5O. The maximum absolute atomic E-state index is 12.3. The summed E-state index contributed by atoms with van der Waals surface area (Å²) in [6.45, 7) is 0.856. The van der Waals surface area contributed by atoms with Gasteiger partial charge in [-0.05, 0) is 56.6 Å². The van der Waals surface area contributed by atoms with Gasteiger partial charge >= 0.3 is 0 Å². The van der Waals surface area contributed by atoms with Crippen molar-refractivity contribution in [3.63, 3.8) is 0 Å². The lowest BCUT2D eigenvalue weighted by Crippen LogP contribution is -2.18. The highest BCUT2D eigenvalue weighted by atomic mass is 16.1. The maximum atomic E-state index is 12.3. The maximum Gasteiger partial charge on any atom is 0.276 e. The van der Waals surface area contributed by atoms with Crippen molar-refractivity contribution in [2.45, 2.75) is 31.2 Å². The Morgan fingerprint density at radius 2 is 2.26 bits per heavy atom. The number of benzene rings is 1. The summed E-state index contributed by atoms with van der Waals surface area (Å²) in [5.41, 5.74) is 9.40. The zero-order valence-electron chi connectivity index (χ0n) is 13.3. The van der Waals surface area contributed by atoms with E-state index in [1.165, 1.54) is 12.8 Å². The van der Waals surface area contributed by atoms with Gasteiger partial charge in [0.1, 0.15) is 0 Å². The first-order chi connectivity index (χ1) is 11.2. The molecule has 1 atom stereocenters. The molecule has 0 radical (unpaired) electrons. The summed E-state index contributed by atoms with van der Waals surface area (Å²) in [4.78, 5) is 12.3. The first kappa shape index (κ1) is 15.7. The van der Waals surface area contributed by atoms with E-state index in [2.05, 4.69) is 20.8 Å². The van der Waals surface area contributed by atoms with Crippen molar-refractivity contribution in [1.82, 2.24) is 15.5 Å². The minimum absolute atomic E-state index is 0.0499. The monoisotopic (exact) mass is 313 g/mol. The summed E-state index contributed by atoms with van der Waals surface area (Å²) < 4.78 is 0. The highest BCUT2D eigenvalue weighted by molar-refractivity contribution is 6.02.